The van der Waals surface area contributed by atoms with Crippen LogP contribution in [0.15, 0.2) is 42.6 Å². The van der Waals surface area contributed by atoms with E-state index in [9.17, 15) is 4.79 Å². The molecule has 1 aromatic carbocycles. The van der Waals surface area contributed by atoms with Gasteiger partial charge in [-0.1, -0.05) is 18.2 Å². The Labute approximate surface area is 149 Å². The van der Waals surface area contributed by atoms with Crippen molar-refractivity contribution in [2.75, 3.05) is 39.2 Å². The van der Waals surface area contributed by atoms with Crippen molar-refractivity contribution in [1.82, 2.24) is 9.88 Å². The fourth-order valence-electron chi connectivity index (χ4n) is 3.40. The molecule has 1 aliphatic rings. The number of para-hydroxylation sites is 1. The van der Waals surface area contributed by atoms with Crippen molar-refractivity contribution < 1.29 is 9.53 Å². The van der Waals surface area contributed by atoms with Crippen LogP contribution in [0.4, 0.5) is 5.82 Å². The first-order valence-electron chi connectivity index (χ1n) is 8.65. The third kappa shape index (κ3) is 3.76. The molecule has 1 amide bonds. The summed E-state index contributed by atoms with van der Waals surface area (Å²) in [4.78, 5) is 21.1. The Morgan fingerprint density at radius 2 is 2.08 bits per heavy atom. The third-order valence-corrected chi connectivity index (χ3v) is 4.74. The number of ether oxygens (including phenoxy) is 1. The molecular formula is C20H25N3O2. The molecule has 0 aliphatic carbocycles. The molecule has 1 aromatic heterocycles. The van der Waals surface area contributed by atoms with Crippen molar-refractivity contribution in [3.8, 4) is 5.75 Å². The van der Waals surface area contributed by atoms with Gasteiger partial charge in [0.2, 0.25) is 0 Å². The average molecular weight is 339 g/mol. The summed E-state index contributed by atoms with van der Waals surface area (Å²) in [5, 5.41) is 0. The van der Waals surface area contributed by atoms with Gasteiger partial charge in [-0.15, -0.1) is 0 Å². The summed E-state index contributed by atoms with van der Waals surface area (Å²) in [7, 11) is 5.55. The molecule has 1 saturated heterocycles. The number of anilines is 1. The van der Waals surface area contributed by atoms with Crippen LogP contribution in [-0.2, 0) is 0 Å². The molecule has 0 spiro atoms. The first-order valence-corrected chi connectivity index (χ1v) is 8.65. The van der Waals surface area contributed by atoms with Gasteiger partial charge >= 0.3 is 0 Å². The maximum absolute atomic E-state index is 13.0. The minimum absolute atomic E-state index is 0.0742. The van der Waals surface area contributed by atoms with Crippen molar-refractivity contribution in [1.29, 1.82) is 0 Å². The summed E-state index contributed by atoms with van der Waals surface area (Å²) in [5.41, 5.74) is 1.88. The van der Waals surface area contributed by atoms with Crippen LogP contribution in [0.1, 0.15) is 34.7 Å². The second-order valence-electron chi connectivity index (χ2n) is 6.63. The van der Waals surface area contributed by atoms with Crippen molar-refractivity contribution in [3.63, 3.8) is 0 Å². The van der Waals surface area contributed by atoms with E-state index < -0.39 is 0 Å². The fourth-order valence-corrected chi connectivity index (χ4v) is 3.40. The second-order valence-corrected chi connectivity index (χ2v) is 6.63. The molecule has 5 heteroatoms. The second kappa shape index (κ2) is 7.55. The van der Waals surface area contributed by atoms with E-state index in [4.69, 9.17) is 4.74 Å². The quantitative estimate of drug-likeness (QED) is 0.858. The van der Waals surface area contributed by atoms with E-state index in [1.54, 1.807) is 19.4 Å². The lowest BCUT2D eigenvalue weighted by Crippen LogP contribution is -2.39. The number of piperidine rings is 1. The number of carbonyl (C=O) groups is 1. The van der Waals surface area contributed by atoms with E-state index >= 15 is 0 Å². The average Bonchev–Trinajstić information content (AvgIpc) is 2.67. The molecule has 5 nitrogen and oxygen atoms in total. The number of hydrogen-bond acceptors (Lipinski definition) is 4. The van der Waals surface area contributed by atoms with Crippen LogP contribution >= 0.6 is 0 Å². The molecule has 2 aromatic rings. The zero-order chi connectivity index (χ0) is 17.8. The van der Waals surface area contributed by atoms with Crippen LogP contribution in [-0.4, -0.2) is 50.1 Å². The first kappa shape index (κ1) is 17.3. The smallest absolute Gasteiger partial charge is 0.254 e. The van der Waals surface area contributed by atoms with Gasteiger partial charge in [-0.3, -0.25) is 4.79 Å². The fraction of sp³-hybridized carbons (Fsp3) is 0.400. The highest BCUT2D eigenvalue weighted by atomic mass is 16.5. The Hall–Kier alpha value is -2.56. The molecule has 1 fully saturated rings. The molecule has 2 heterocycles. The van der Waals surface area contributed by atoms with Crippen LogP contribution in [0.5, 0.6) is 5.75 Å². The lowest BCUT2D eigenvalue weighted by Gasteiger charge is -2.33. The molecule has 0 N–H and O–H groups in total. The van der Waals surface area contributed by atoms with E-state index in [0.29, 0.717) is 11.5 Å². The van der Waals surface area contributed by atoms with E-state index in [-0.39, 0.29) is 5.91 Å². The Kier molecular flexibility index (Phi) is 5.22. The Morgan fingerprint density at radius 1 is 1.28 bits per heavy atom. The normalized spacial score (nSPS) is 17.2. The van der Waals surface area contributed by atoms with Gasteiger partial charge in [0.15, 0.2) is 0 Å². The van der Waals surface area contributed by atoms with Crippen molar-refractivity contribution >= 4 is 11.7 Å². The molecule has 0 unspecified atom stereocenters. The summed E-state index contributed by atoms with van der Waals surface area (Å²) in [5.74, 6) is 2.08. The summed E-state index contributed by atoms with van der Waals surface area (Å²) in [6.07, 6.45) is 3.77. The highest BCUT2D eigenvalue weighted by Gasteiger charge is 2.27. The summed E-state index contributed by atoms with van der Waals surface area (Å²) < 4.78 is 5.50. The zero-order valence-electron chi connectivity index (χ0n) is 15.1. The van der Waals surface area contributed by atoms with Crippen LogP contribution in [0.25, 0.3) is 0 Å². The zero-order valence-corrected chi connectivity index (χ0v) is 15.1. The van der Waals surface area contributed by atoms with Gasteiger partial charge in [-0.25, -0.2) is 4.98 Å². The van der Waals surface area contributed by atoms with Crippen LogP contribution in [0.2, 0.25) is 0 Å². The van der Waals surface area contributed by atoms with Crippen LogP contribution in [0, 0.1) is 0 Å². The highest BCUT2D eigenvalue weighted by molar-refractivity contribution is 5.95. The molecule has 3 rings (SSSR count). The SMILES string of the molecule is COc1ccccc1[C@H]1CCCN(C(=O)c2ccnc(N(C)C)c2)C1. The minimum atomic E-state index is 0.0742. The number of pyridine rings is 1. The van der Waals surface area contributed by atoms with Gasteiger partial charge in [-0.05, 0) is 36.6 Å². The summed E-state index contributed by atoms with van der Waals surface area (Å²) >= 11 is 0. The van der Waals surface area contributed by atoms with Gasteiger partial charge in [0, 0.05) is 44.9 Å². The predicted molar refractivity (Wildman–Crippen MR) is 99.4 cm³/mol. The maximum Gasteiger partial charge on any atom is 0.254 e. The summed E-state index contributed by atoms with van der Waals surface area (Å²) in [6.45, 7) is 1.52. The number of likely N-dealkylation sites (tertiary alicyclic amines) is 1. The van der Waals surface area contributed by atoms with Crippen LogP contribution < -0.4 is 9.64 Å². The van der Waals surface area contributed by atoms with E-state index in [2.05, 4.69) is 11.1 Å². The molecule has 25 heavy (non-hydrogen) atoms. The third-order valence-electron chi connectivity index (χ3n) is 4.74. The number of benzene rings is 1. The number of methoxy groups -OCH3 is 1. The number of aromatic nitrogens is 1. The predicted octanol–water partition coefficient (Wildman–Crippen LogP) is 3.18. The molecule has 0 bridgehead atoms. The van der Waals surface area contributed by atoms with Gasteiger partial charge < -0.3 is 14.5 Å². The molecule has 1 atom stereocenters. The van der Waals surface area contributed by atoms with Gasteiger partial charge in [0.25, 0.3) is 5.91 Å². The molecule has 0 radical (unpaired) electrons. The lowest BCUT2D eigenvalue weighted by molar-refractivity contribution is 0.0706. The van der Waals surface area contributed by atoms with Crippen molar-refractivity contribution in [2.45, 2.75) is 18.8 Å². The molecule has 132 valence electrons. The van der Waals surface area contributed by atoms with Gasteiger partial charge in [0.1, 0.15) is 11.6 Å². The number of rotatable bonds is 4. The monoisotopic (exact) mass is 339 g/mol. The topological polar surface area (TPSA) is 45.7 Å². The van der Waals surface area contributed by atoms with Crippen molar-refractivity contribution in [2.24, 2.45) is 0 Å². The number of amides is 1. The highest BCUT2D eigenvalue weighted by Crippen LogP contribution is 2.33. The molecular weight excluding hydrogens is 314 g/mol. The summed E-state index contributed by atoms with van der Waals surface area (Å²) in [6, 6.07) is 11.8. The van der Waals surface area contributed by atoms with E-state index in [0.717, 1.165) is 37.5 Å². The standard InChI is InChI=1S/C20H25N3O2/c1-22(2)19-13-15(10-11-21-19)20(24)23-12-6-7-16(14-23)17-8-4-5-9-18(17)25-3/h4-5,8-11,13,16H,6-7,12,14H2,1-3H3/t16-/m0/s1. The van der Waals surface area contributed by atoms with Crippen LogP contribution in [0.3, 0.4) is 0 Å². The lowest BCUT2D eigenvalue weighted by atomic mass is 9.89. The maximum atomic E-state index is 13.0. The Morgan fingerprint density at radius 3 is 2.84 bits per heavy atom. The number of carbonyl (C=O) groups excluding carboxylic acids is 1. The Balaban J connectivity index is 1.79. The molecule has 0 saturated carbocycles. The first-order chi connectivity index (χ1) is 12.1. The van der Waals surface area contributed by atoms with Crippen molar-refractivity contribution in [3.05, 3.63) is 53.7 Å². The Bertz CT molecular complexity index is 745. The van der Waals surface area contributed by atoms with E-state index in [1.807, 2.05) is 48.2 Å². The van der Waals surface area contributed by atoms with Gasteiger partial charge in [0.05, 0.1) is 7.11 Å². The largest absolute Gasteiger partial charge is 0.496 e. The minimum Gasteiger partial charge on any atom is -0.496 e. The van der Waals surface area contributed by atoms with Gasteiger partial charge in [-0.2, -0.15) is 0 Å². The van der Waals surface area contributed by atoms with E-state index in [1.165, 1.54) is 5.56 Å². The number of nitrogens with zero attached hydrogens (tertiary/aromatic N) is 3. The molecule has 1 aliphatic heterocycles. The number of hydrogen-bond donors (Lipinski definition) is 0.